The highest BCUT2D eigenvalue weighted by atomic mass is 35.5. The third-order valence-corrected chi connectivity index (χ3v) is 5.73. The van der Waals surface area contributed by atoms with Gasteiger partial charge < -0.3 is 9.30 Å². The molecule has 2 heterocycles. The van der Waals surface area contributed by atoms with Crippen LogP contribution in [0.25, 0.3) is 11.4 Å². The molecule has 5 nitrogen and oxygen atoms in total. The second kappa shape index (κ2) is 8.80. The highest BCUT2D eigenvalue weighted by Gasteiger charge is 2.16. The van der Waals surface area contributed by atoms with Gasteiger partial charge in [-0.15, -0.1) is 21.5 Å². The van der Waals surface area contributed by atoms with Crippen LogP contribution in [0.4, 0.5) is 0 Å². The molecule has 0 amide bonds. The molecule has 0 bridgehead atoms. The molecule has 0 radical (unpaired) electrons. The van der Waals surface area contributed by atoms with Crippen LogP contribution in [0.3, 0.4) is 0 Å². The van der Waals surface area contributed by atoms with E-state index in [1.165, 1.54) is 0 Å². The van der Waals surface area contributed by atoms with Crippen LogP contribution in [-0.4, -0.2) is 33.5 Å². The summed E-state index contributed by atoms with van der Waals surface area (Å²) in [5.74, 6) is 1.56. The topological polar surface area (TPSA) is 52.8 Å². The number of hydrogen-bond donors (Lipinski definition) is 0. The smallest absolute Gasteiger partial charge is 0.191 e. The minimum Gasteiger partial charge on any atom is -0.385 e. The zero-order chi connectivity index (χ0) is 17.6. The summed E-state index contributed by atoms with van der Waals surface area (Å²) in [6.07, 6.45) is 0.884. The standard InChI is InChI=1S/C17H19ClN4OS2/c1-12-19-13(10-24-12)11-25-17-21-20-16(22(17)8-5-9-23-2)14-6-3-4-7-15(14)18/h3-4,6-7,10H,5,8-9,11H2,1-2H3. The predicted molar refractivity (Wildman–Crippen MR) is 103 cm³/mol. The third-order valence-electron chi connectivity index (χ3n) is 3.58. The quantitative estimate of drug-likeness (QED) is 0.409. The minimum atomic E-state index is 0.676. The van der Waals surface area contributed by atoms with Gasteiger partial charge in [-0.25, -0.2) is 4.98 Å². The Labute approximate surface area is 160 Å². The average Bonchev–Trinajstić information content (AvgIpc) is 3.20. The summed E-state index contributed by atoms with van der Waals surface area (Å²) in [5, 5.41) is 13.5. The highest BCUT2D eigenvalue weighted by Crippen LogP contribution is 2.30. The van der Waals surface area contributed by atoms with Crippen molar-refractivity contribution in [2.75, 3.05) is 13.7 Å². The van der Waals surface area contributed by atoms with Crippen LogP contribution in [0.5, 0.6) is 0 Å². The van der Waals surface area contributed by atoms with Gasteiger partial charge in [0.05, 0.1) is 15.7 Å². The number of aryl methyl sites for hydroxylation is 1. The Morgan fingerprint density at radius 1 is 1.28 bits per heavy atom. The number of rotatable bonds is 8. The zero-order valence-corrected chi connectivity index (χ0v) is 16.5. The van der Waals surface area contributed by atoms with Crippen LogP contribution in [-0.2, 0) is 17.0 Å². The zero-order valence-electron chi connectivity index (χ0n) is 14.1. The van der Waals surface area contributed by atoms with Gasteiger partial charge in [-0.1, -0.05) is 35.5 Å². The van der Waals surface area contributed by atoms with Crippen LogP contribution in [0, 0.1) is 6.92 Å². The summed E-state index contributed by atoms with van der Waals surface area (Å²) >= 11 is 9.66. The van der Waals surface area contributed by atoms with Crippen molar-refractivity contribution in [1.82, 2.24) is 19.7 Å². The van der Waals surface area contributed by atoms with E-state index in [0.29, 0.717) is 11.6 Å². The molecule has 132 valence electrons. The number of thiazole rings is 1. The Balaban J connectivity index is 1.85. The molecule has 2 aromatic heterocycles. The molecule has 1 aromatic carbocycles. The number of methoxy groups -OCH3 is 1. The molecular formula is C17H19ClN4OS2. The fourth-order valence-electron chi connectivity index (χ4n) is 2.42. The molecule has 8 heteroatoms. The maximum atomic E-state index is 6.36. The van der Waals surface area contributed by atoms with Gasteiger partial charge in [-0.05, 0) is 25.5 Å². The summed E-state index contributed by atoms with van der Waals surface area (Å²) in [4.78, 5) is 4.51. The van der Waals surface area contributed by atoms with Gasteiger partial charge >= 0.3 is 0 Å². The van der Waals surface area contributed by atoms with E-state index < -0.39 is 0 Å². The molecule has 0 aliphatic rings. The molecule has 0 N–H and O–H groups in total. The monoisotopic (exact) mass is 394 g/mol. The van der Waals surface area contributed by atoms with Crippen molar-refractivity contribution in [2.24, 2.45) is 0 Å². The van der Waals surface area contributed by atoms with Gasteiger partial charge in [0.25, 0.3) is 0 Å². The van der Waals surface area contributed by atoms with Gasteiger partial charge in [0.2, 0.25) is 0 Å². The molecule has 3 aromatic rings. The van der Waals surface area contributed by atoms with Crippen LogP contribution < -0.4 is 0 Å². The minimum absolute atomic E-state index is 0.676. The van der Waals surface area contributed by atoms with E-state index in [1.807, 2.05) is 31.2 Å². The second-order valence-electron chi connectivity index (χ2n) is 5.43. The van der Waals surface area contributed by atoms with Crippen LogP contribution in [0.1, 0.15) is 17.1 Å². The maximum Gasteiger partial charge on any atom is 0.191 e. The molecule has 0 aliphatic carbocycles. The first-order valence-electron chi connectivity index (χ1n) is 7.90. The summed E-state index contributed by atoms with van der Waals surface area (Å²) < 4.78 is 7.30. The fraction of sp³-hybridized carbons (Fsp3) is 0.353. The van der Waals surface area contributed by atoms with Crippen LogP contribution in [0.15, 0.2) is 34.8 Å². The lowest BCUT2D eigenvalue weighted by atomic mass is 10.2. The summed E-state index contributed by atoms with van der Waals surface area (Å²) in [7, 11) is 1.71. The Morgan fingerprint density at radius 2 is 2.12 bits per heavy atom. The lowest BCUT2D eigenvalue weighted by Gasteiger charge is -2.10. The Kier molecular flexibility index (Phi) is 6.47. The molecule has 0 atom stereocenters. The van der Waals surface area contributed by atoms with Gasteiger partial charge in [0.1, 0.15) is 0 Å². The first kappa shape index (κ1) is 18.4. The largest absolute Gasteiger partial charge is 0.385 e. The van der Waals surface area contributed by atoms with E-state index in [1.54, 1.807) is 30.2 Å². The molecule has 0 saturated carbocycles. The molecule has 0 aliphatic heterocycles. The number of nitrogens with zero attached hydrogens (tertiary/aromatic N) is 4. The number of thioether (sulfide) groups is 1. The van der Waals surface area contributed by atoms with E-state index in [4.69, 9.17) is 16.3 Å². The molecular weight excluding hydrogens is 376 g/mol. The van der Waals surface area contributed by atoms with E-state index >= 15 is 0 Å². The van der Waals surface area contributed by atoms with Crippen molar-refractivity contribution in [1.29, 1.82) is 0 Å². The lowest BCUT2D eigenvalue weighted by molar-refractivity contribution is 0.189. The average molecular weight is 395 g/mol. The number of halogens is 1. The third kappa shape index (κ3) is 4.61. The van der Waals surface area contributed by atoms with Gasteiger partial charge in [0, 0.05) is 37.0 Å². The SMILES string of the molecule is COCCCn1c(SCc2csc(C)n2)nnc1-c1ccccc1Cl. The Bertz CT molecular complexity index is 834. The van der Waals surface area contributed by atoms with E-state index in [9.17, 15) is 0 Å². The lowest BCUT2D eigenvalue weighted by Crippen LogP contribution is -2.05. The first-order valence-corrected chi connectivity index (χ1v) is 10.1. The van der Waals surface area contributed by atoms with E-state index in [0.717, 1.165) is 46.0 Å². The number of ether oxygens (including phenoxy) is 1. The van der Waals surface area contributed by atoms with Crippen molar-refractivity contribution in [3.8, 4) is 11.4 Å². The molecule has 0 unspecified atom stereocenters. The Hall–Kier alpha value is -1.41. The molecule has 0 spiro atoms. The summed E-state index contributed by atoms with van der Waals surface area (Å²) in [5.41, 5.74) is 1.96. The highest BCUT2D eigenvalue weighted by molar-refractivity contribution is 7.98. The first-order chi connectivity index (χ1) is 12.2. The van der Waals surface area contributed by atoms with Crippen molar-refractivity contribution < 1.29 is 4.74 Å². The molecule has 0 saturated heterocycles. The van der Waals surface area contributed by atoms with Crippen LogP contribution in [0.2, 0.25) is 5.02 Å². The number of benzene rings is 1. The van der Waals surface area contributed by atoms with E-state index in [2.05, 4.69) is 25.1 Å². The van der Waals surface area contributed by atoms with Crippen molar-refractivity contribution in [3.63, 3.8) is 0 Å². The van der Waals surface area contributed by atoms with Crippen molar-refractivity contribution >= 4 is 34.7 Å². The number of aromatic nitrogens is 4. The molecule has 25 heavy (non-hydrogen) atoms. The number of hydrogen-bond acceptors (Lipinski definition) is 6. The van der Waals surface area contributed by atoms with Crippen molar-refractivity contribution in [3.05, 3.63) is 45.4 Å². The van der Waals surface area contributed by atoms with Gasteiger partial charge in [0.15, 0.2) is 11.0 Å². The molecule has 3 rings (SSSR count). The predicted octanol–water partition coefficient (Wildman–Crippen LogP) is 4.69. The summed E-state index contributed by atoms with van der Waals surface area (Å²) in [6.45, 7) is 3.48. The molecule has 0 fully saturated rings. The van der Waals surface area contributed by atoms with Gasteiger partial charge in [-0.2, -0.15) is 0 Å². The fourth-order valence-corrected chi connectivity index (χ4v) is 4.21. The summed E-state index contributed by atoms with van der Waals surface area (Å²) in [6, 6.07) is 7.71. The second-order valence-corrected chi connectivity index (χ2v) is 7.84. The van der Waals surface area contributed by atoms with Crippen LogP contribution >= 0.6 is 34.7 Å². The van der Waals surface area contributed by atoms with E-state index in [-0.39, 0.29) is 0 Å². The normalized spacial score (nSPS) is 11.2. The maximum absolute atomic E-state index is 6.36. The Morgan fingerprint density at radius 3 is 2.84 bits per heavy atom. The van der Waals surface area contributed by atoms with Gasteiger partial charge in [-0.3, -0.25) is 0 Å². The van der Waals surface area contributed by atoms with Crippen molar-refractivity contribution in [2.45, 2.75) is 30.8 Å².